The van der Waals surface area contributed by atoms with Crippen molar-refractivity contribution >= 4 is 35.0 Å². The second-order valence-electron chi connectivity index (χ2n) is 6.49. The topological polar surface area (TPSA) is 51.2 Å². The standard InChI is InChI=1S/C24H20N2O2S2/c1-28-23(27)26-21-22(29-17-25-21)30-24(18-11-5-2-6-12-18,19-13-7-3-8-14-19)20-15-9-4-10-16-20/h2-17H,1H3,(H,26,27). The van der Waals surface area contributed by atoms with Gasteiger partial charge >= 0.3 is 6.09 Å². The monoisotopic (exact) mass is 432 g/mol. The molecule has 30 heavy (non-hydrogen) atoms. The number of carbonyl (C=O) groups is 1. The van der Waals surface area contributed by atoms with E-state index in [2.05, 4.69) is 83.1 Å². The summed E-state index contributed by atoms with van der Waals surface area (Å²) < 4.78 is 5.14. The zero-order valence-electron chi connectivity index (χ0n) is 16.3. The molecule has 0 atom stereocenters. The highest BCUT2D eigenvalue weighted by Gasteiger charge is 2.39. The summed E-state index contributed by atoms with van der Waals surface area (Å²) in [6.45, 7) is 0. The molecule has 1 N–H and O–H groups in total. The van der Waals surface area contributed by atoms with E-state index < -0.39 is 10.8 Å². The molecule has 0 saturated heterocycles. The van der Waals surface area contributed by atoms with Crippen LogP contribution in [-0.2, 0) is 9.48 Å². The van der Waals surface area contributed by atoms with Crippen LogP contribution in [0.2, 0.25) is 0 Å². The number of thioether (sulfide) groups is 1. The molecule has 0 radical (unpaired) electrons. The molecular weight excluding hydrogens is 412 g/mol. The third kappa shape index (κ3) is 3.97. The minimum absolute atomic E-state index is 0.504. The van der Waals surface area contributed by atoms with Crippen LogP contribution in [0.4, 0.5) is 10.6 Å². The Labute approximate surface area is 184 Å². The lowest BCUT2D eigenvalue weighted by atomic mass is 9.84. The predicted octanol–water partition coefficient (Wildman–Crippen LogP) is 6.41. The molecule has 1 heterocycles. The molecule has 0 aliphatic carbocycles. The summed E-state index contributed by atoms with van der Waals surface area (Å²) in [5.41, 5.74) is 5.17. The molecule has 0 fully saturated rings. The quantitative estimate of drug-likeness (QED) is 0.283. The van der Waals surface area contributed by atoms with E-state index in [4.69, 9.17) is 4.74 Å². The fraction of sp³-hybridized carbons (Fsp3) is 0.0833. The summed E-state index contributed by atoms with van der Waals surface area (Å²) in [5.74, 6) is 0.504. The first-order valence-corrected chi connectivity index (χ1v) is 11.1. The van der Waals surface area contributed by atoms with E-state index >= 15 is 0 Å². The molecule has 4 rings (SSSR count). The van der Waals surface area contributed by atoms with Crippen LogP contribution in [0.3, 0.4) is 0 Å². The Morgan fingerprint density at radius 3 is 1.77 bits per heavy atom. The van der Waals surface area contributed by atoms with Crippen molar-refractivity contribution in [3.8, 4) is 0 Å². The van der Waals surface area contributed by atoms with E-state index in [0.29, 0.717) is 5.82 Å². The number of anilines is 1. The summed E-state index contributed by atoms with van der Waals surface area (Å²) in [4.78, 5) is 16.2. The van der Waals surface area contributed by atoms with E-state index in [1.807, 2.05) is 18.2 Å². The number of methoxy groups -OCH3 is 1. The highest BCUT2D eigenvalue weighted by atomic mass is 32.2. The van der Waals surface area contributed by atoms with Crippen LogP contribution < -0.4 is 5.32 Å². The van der Waals surface area contributed by atoms with Gasteiger partial charge < -0.3 is 4.74 Å². The van der Waals surface area contributed by atoms with Crippen LogP contribution in [0, 0.1) is 0 Å². The van der Waals surface area contributed by atoms with Crippen LogP contribution in [0.15, 0.2) is 101 Å². The number of nitrogens with zero attached hydrogens (tertiary/aromatic N) is 1. The second-order valence-corrected chi connectivity index (χ2v) is 8.82. The number of amides is 1. The molecule has 0 bridgehead atoms. The maximum absolute atomic E-state index is 11.8. The maximum atomic E-state index is 11.8. The lowest BCUT2D eigenvalue weighted by Crippen LogP contribution is -2.25. The lowest BCUT2D eigenvalue weighted by molar-refractivity contribution is 0.186. The van der Waals surface area contributed by atoms with Gasteiger partial charge in [0.15, 0.2) is 5.82 Å². The number of benzene rings is 3. The highest BCUT2D eigenvalue weighted by molar-refractivity contribution is 8.02. The van der Waals surface area contributed by atoms with E-state index in [1.165, 1.54) is 18.4 Å². The fourth-order valence-corrected chi connectivity index (χ4v) is 5.78. The summed E-state index contributed by atoms with van der Waals surface area (Å²) in [6, 6.07) is 31.2. The van der Waals surface area contributed by atoms with Crippen molar-refractivity contribution in [1.29, 1.82) is 0 Å². The van der Waals surface area contributed by atoms with Gasteiger partial charge in [0.1, 0.15) is 4.21 Å². The number of hydrogen-bond acceptors (Lipinski definition) is 5. The van der Waals surface area contributed by atoms with Crippen molar-refractivity contribution in [2.75, 3.05) is 12.4 Å². The van der Waals surface area contributed by atoms with Gasteiger partial charge in [-0.1, -0.05) is 103 Å². The zero-order chi connectivity index (χ0) is 20.8. The van der Waals surface area contributed by atoms with Crippen LogP contribution in [0.5, 0.6) is 0 Å². The molecule has 150 valence electrons. The number of rotatable bonds is 6. The van der Waals surface area contributed by atoms with Gasteiger partial charge in [-0.05, 0) is 16.7 Å². The number of aromatic nitrogens is 1. The van der Waals surface area contributed by atoms with Crippen LogP contribution in [0.25, 0.3) is 0 Å². The number of ether oxygens (including phenoxy) is 1. The Kier molecular flexibility index (Phi) is 6.16. The van der Waals surface area contributed by atoms with Gasteiger partial charge in [-0.2, -0.15) is 0 Å². The number of thiazole rings is 1. The minimum atomic E-state index is -0.535. The first-order chi connectivity index (χ1) is 14.7. The average molecular weight is 433 g/mol. The molecule has 0 unspecified atom stereocenters. The van der Waals surface area contributed by atoms with E-state index in [9.17, 15) is 4.79 Å². The summed E-state index contributed by atoms with van der Waals surface area (Å²) in [7, 11) is 1.34. The third-order valence-corrected chi connectivity index (χ3v) is 7.28. The van der Waals surface area contributed by atoms with Crippen LogP contribution in [-0.4, -0.2) is 18.2 Å². The molecule has 3 aromatic carbocycles. The Bertz CT molecular complexity index is 1000. The first kappa shape index (κ1) is 20.2. The fourth-order valence-electron chi connectivity index (χ4n) is 3.37. The largest absolute Gasteiger partial charge is 0.453 e. The summed E-state index contributed by atoms with van der Waals surface area (Å²) in [5, 5.41) is 2.73. The maximum Gasteiger partial charge on any atom is 0.412 e. The Balaban J connectivity index is 1.93. The van der Waals surface area contributed by atoms with Crippen LogP contribution >= 0.6 is 23.1 Å². The molecule has 0 spiro atoms. The van der Waals surface area contributed by atoms with Gasteiger partial charge in [0.05, 0.1) is 17.4 Å². The molecule has 0 aliphatic rings. The molecule has 0 aliphatic heterocycles. The van der Waals surface area contributed by atoms with Crippen molar-refractivity contribution < 1.29 is 9.53 Å². The van der Waals surface area contributed by atoms with Gasteiger partial charge in [0.2, 0.25) is 0 Å². The molecule has 1 aromatic heterocycles. The average Bonchev–Trinajstić information content (AvgIpc) is 3.25. The van der Waals surface area contributed by atoms with Crippen molar-refractivity contribution in [2.45, 2.75) is 8.96 Å². The Morgan fingerprint density at radius 1 is 0.867 bits per heavy atom. The lowest BCUT2D eigenvalue weighted by Gasteiger charge is -2.35. The SMILES string of the molecule is COC(=O)Nc1ncsc1SC(c1ccccc1)(c1ccccc1)c1ccccc1. The van der Waals surface area contributed by atoms with Gasteiger partial charge in [-0.3, -0.25) is 5.32 Å². The van der Waals surface area contributed by atoms with Crippen molar-refractivity contribution in [1.82, 2.24) is 4.98 Å². The molecule has 6 heteroatoms. The van der Waals surface area contributed by atoms with E-state index in [1.54, 1.807) is 17.3 Å². The number of carbonyl (C=O) groups excluding carboxylic acids is 1. The van der Waals surface area contributed by atoms with Gasteiger partial charge in [-0.15, -0.1) is 11.3 Å². The molecule has 4 nitrogen and oxygen atoms in total. The smallest absolute Gasteiger partial charge is 0.412 e. The summed E-state index contributed by atoms with van der Waals surface area (Å²) in [6.07, 6.45) is -0.535. The van der Waals surface area contributed by atoms with Crippen molar-refractivity contribution in [3.63, 3.8) is 0 Å². The van der Waals surface area contributed by atoms with E-state index in [0.717, 1.165) is 20.9 Å². The molecule has 0 saturated carbocycles. The van der Waals surface area contributed by atoms with Crippen LogP contribution in [0.1, 0.15) is 16.7 Å². The highest BCUT2D eigenvalue weighted by Crippen LogP contribution is 2.53. The summed E-state index contributed by atoms with van der Waals surface area (Å²) >= 11 is 3.16. The zero-order valence-corrected chi connectivity index (χ0v) is 18.0. The first-order valence-electron chi connectivity index (χ1n) is 9.38. The molecule has 1 amide bonds. The van der Waals surface area contributed by atoms with Gasteiger partial charge in [0, 0.05) is 0 Å². The molecule has 4 aromatic rings. The third-order valence-electron chi connectivity index (χ3n) is 4.73. The second kappa shape index (κ2) is 9.15. The Morgan fingerprint density at radius 2 is 1.33 bits per heavy atom. The van der Waals surface area contributed by atoms with Crippen molar-refractivity contribution in [2.24, 2.45) is 0 Å². The Hall–Kier alpha value is -3.09. The predicted molar refractivity (Wildman–Crippen MR) is 123 cm³/mol. The molecular formula is C24H20N2O2S2. The van der Waals surface area contributed by atoms with Gasteiger partial charge in [0.25, 0.3) is 0 Å². The number of nitrogens with one attached hydrogen (secondary N) is 1. The van der Waals surface area contributed by atoms with Gasteiger partial charge in [-0.25, -0.2) is 9.78 Å². The number of hydrogen-bond donors (Lipinski definition) is 1. The van der Waals surface area contributed by atoms with E-state index in [-0.39, 0.29) is 0 Å². The normalized spacial score (nSPS) is 11.1. The van der Waals surface area contributed by atoms with Crippen molar-refractivity contribution in [3.05, 3.63) is 113 Å². The minimum Gasteiger partial charge on any atom is -0.453 e.